The summed E-state index contributed by atoms with van der Waals surface area (Å²) in [6.45, 7) is 3.56. The number of carbonyl (C=O) groups is 1. The standard InChI is InChI=1S/C13H17ClN2O4/c1-3-13(2,7-8-17)15-12(18)9-5-4-6-10(14)11(9)16(19)20/h4-6,17H,3,7-8H2,1-2H3,(H,15,18). The molecule has 0 saturated heterocycles. The summed E-state index contributed by atoms with van der Waals surface area (Å²) in [7, 11) is 0. The first-order valence-corrected chi connectivity index (χ1v) is 6.58. The first kappa shape index (κ1) is 16.4. The summed E-state index contributed by atoms with van der Waals surface area (Å²) < 4.78 is 0. The molecule has 7 heteroatoms. The van der Waals surface area contributed by atoms with Crippen molar-refractivity contribution in [1.29, 1.82) is 0 Å². The number of halogens is 1. The SMILES string of the molecule is CCC(C)(CCO)NC(=O)c1cccc(Cl)c1[N+](=O)[O-]. The van der Waals surface area contributed by atoms with E-state index in [4.69, 9.17) is 16.7 Å². The molecule has 1 amide bonds. The van der Waals surface area contributed by atoms with Gasteiger partial charge in [0.25, 0.3) is 5.91 Å². The van der Waals surface area contributed by atoms with Gasteiger partial charge in [0, 0.05) is 12.1 Å². The number of benzene rings is 1. The average Bonchev–Trinajstić information content (AvgIpc) is 2.38. The maximum Gasteiger partial charge on any atom is 0.300 e. The molecule has 0 aliphatic rings. The van der Waals surface area contributed by atoms with Crippen LogP contribution in [0.5, 0.6) is 0 Å². The van der Waals surface area contributed by atoms with Crippen LogP contribution in [0.4, 0.5) is 5.69 Å². The van der Waals surface area contributed by atoms with Gasteiger partial charge in [-0.2, -0.15) is 0 Å². The first-order chi connectivity index (χ1) is 9.34. The van der Waals surface area contributed by atoms with Crippen LogP contribution in [0.2, 0.25) is 5.02 Å². The largest absolute Gasteiger partial charge is 0.396 e. The minimum absolute atomic E-state index is 0.0805. The molecule has 0 aromatic heterocycles. The van der Waals surface area contributed by atoms with Crippen molar-refractivity contribution in [3.63, 3.8) is 0 Å². The van der Waals surface area contributed by atoms with Crippen molar-refractivity contribution >= 4 is 23.2 Å². The van der Waals surface area contributed by atoms with Gasteiger partial charge in [0.05, 0.1) is 4.92 Å². The predicted octanol–water partition coefficient (Wildman–Crippen LogP) is 2.53. The molecule has 0 aliphatic carbocycles. The molecule has 0 heterocycles. The minimum atomic E-state index is -0.674. The van der Waals surface area contributed by atoms with Gasteiger partial charge < -0.3 is 10.4 Å². The van der Waals surface area contributed by atoms with E-state index in [2.05, 4.69) is 5.32 Å². The Balaban J connectivity index is 3.10. The van der Waals surface area contributed by atoms with Crippen LogP contribution in [0.1, 0.15) is 37.0 Å². The number of amides is 1. The molecular weight excluding hydrogens is 284 g/mol. The highest BCUT2D eigenvalue weighted by Gasteiger charge is 2.29. The Labute approximate surface area is 121 Å². The second-order valence-corrected chi connectivity index (χ2v) is 5.14. The molecule has 2 N–H and O–H groups in total. The third-order valence-electron chi connectivity index (χ3n) is 3.27. The zero-order valence-corrected chi connectivity index (χ0v) is 12.1. The molecule has 0 radical (unpaired) electrons. The highest BCUT2D eigenvalue weighted by atomic mass is 35.5. The van der Waals surface area contributed by atoms with Crippen molar-refractivity contribution in [2.45, 2.75) is 32.2 Å². The highest BCUT2D eigenvalue weighted by Crippen LogP contribution is 2.28. The topological polar surface area (TPSA) is 92.5 Å². The third kappa shape index (κ3) is 3.68. The molecule has 1 aromatic carbocycles. The molecule has 1 atom stereocenters. The van der Waals surface area contributed by atoms with Gasteiger partial charge in [-0.15, -0.1) is 0 Å². The summed E-state index contributed by atoms with van der Waals surface area (Å²) in [6, 6.07) is 4.21. The molecule has 0 spiro atoms. The quantitative estimate of drug-likeness (QED) is 0.623. The number of rotatable bonds is 6. The van der Waals surface area contributed by atoms with Crippen LogP contribution in [0.3, 0.4) is 0 Å². The minimum Gasteiger partial charge on any atom is -0.396 e. The van der Waals surface area contributed by atoms with Gasteiger partial charge in [-0.3, -0.25) is 14.9 Å². The van der Waals surface area contributed by atoms with Crippen LogP contribution < -0.4 is 5.32 Å². The number of aliphatic hydroxyl groups is 1. The number of para-hydroxylation sites is 1. The fourth-order valence-electron chi connectivity index (χ4n) is 1.80. The van der Waals surface area contributed by atoms with Gasteiger partial charge in [0.15, 0.2) is 0 Å². The second-order valence-electron chi connectivity index (χ2n) is 4.74. The smallest absolute Gasteiger partial charge is 0.300 e. The maximum absolute atomic E-state index is 12.2. The van der Waals surface area contributed by atoms with Crippen LogP contribution in [-0.4, -0.2) is 28.1 Å². The summed E-state index contributed by atoms with van der Waals surface area (Å²) >= 11 is 5.77. The Bertz CT molecular complexity index is 521. The van der Waals surface area contributed by atoms with Crippen molar-refractivity contribution in [3.8, 4) is 0 Å². The summed E-state index contributed by atoms with van der Waals surface area (Å²) in [5, 5.41) is 22.7. The first-order valence-electron chi connectivity index (χ1n) is 6.21. The number of nitro groups is 1. The number of aliphatic hydroxyl groups excluding tert-OH is 1. The molecule has 0 bridgehead atoms. The van der Waals surface area contributed by atoms with Gasteiger partial charge in [-0.05, 0) is 31.9 Å². The molecule has 6 nitrogen and oxygen atoms in total. The fraction of sp³-hybridized carbons (Fsp3) is 0.462. The van der Waals surface area contributed by atoms with E-state index < -0.39 is 22.1 Å². The number of carbonyl (C=O) groups excluding carboxylic acids is 1. The molecule has 20 heavy (non-hydrogen) atoms. The Kier molecular flexibility index (Phi) is 5.47. The fourth-order valence-corrected chi connectivity index (χ4v) is 2.04. The van der Waals surface area contributed by atoms with E-state index in [9.17, 15) is 14.9 Å². The van der Waals surface area contributed by atoms with Crippen molar-refractivity contribution in [3.05, 3.63) is 38.9 Å². The monoisotopic (exact) mass is 300 g/mol. The van der Waals surface area contributed by atoms with Crippen LogP contribution >= 0.6 is 11.6 Å². The molecular formula is C13H17ClN2O4. The summed E-state index contributed by atoms with van der Waals surface area (Å²) in [5.41, 5.74) is -1.11. The lowest BCUT2D eigenvalue weighted by atomic mass is 9.94. The zero-order chi connectivity index (χ0) is 15.3. The Morgan fingerprint density at radius 2 is 2.20 bits per heavy atom. The van der Waals surface area contributed by atoms with Gasteiger partial charge in [0.1, 0.15) is 10.6 Å². The molecule has 1 unspecified atom stereocenters. The lowest BCUT2D eigenvalue weighted by molar-refractivity contribution is -0.385. The molecule has 0 fully saturated rings. The number of nitro benzene ring substituents is 1. The summed E-state index contributed by atoms with van der Waals surface area (Å²) in [6.07, 6.45) is 0.956. The third-order valence-corrected chi connectivity index (χ3v) is 3.58. The van der Waals surface area contributed by atoms with E-state index in [1.807, 2.05) is 6.92 Å². The van der Waals surface area contributed by atoms with Crippen LogP contribution in [0.15, 0.2) is 18.2 Å². The zero-order valence-electron chi connectivity index (χ0n) is 11.4. The van der Waals surface area contributed by atoms with E-state index in [1.54, 1.807) is 6.92 Å². The summed E-state index contributed by atoms with van der Waals surface area (Å²) in [4.78, 5) is 22.6. The Morgan fingerprint density at radius 1 is 1.55 bits per heavy atom. The van der Waals surface area contributed by atoms with E-state index in [1.165, 1.54) is 18.2 Å². The van der Waals surface area contributed by atoms with E-state index in [0.717, 1.165) is 0 Å². The van der Waals surface area contributed by atoms with Gasteiger partial charge in [0.2, 0.25) is 0 Å². The Hall–Kier alpha value is -1.66. The van der Waals surface area contributed by atoms with Crippen molar-refractivity contribution in [2.75, 3.05) is 6.61 Å². The molecule has 0 saturated carbocycles. The van der Waals surface area contributed by atoms with E-state index in [0.29, 0.717) is 12.8 Å². The van der Waals surface area contributed by atoms with Crippen molar-refractivity contribution in [1.82, 2.24) is 5.32 Å². The van der Waals surface area contributed by atoms with Crippen molar-refractivity contribution < 1.29 is 14.8 Å². The normalized spacial score (nSPS) is 13.6. The van der Waals surface area contributed by atoms with Gasteiger partial charge in [-0.25, -0.2) is 0 Å². The van der Waals surface area contributed by atoms with E-state index >= 15 is 0 Å². The van der Waals surface area contributed by atoms with Crippen LogP contribution in [-0.2, 0) is 0 Å². The van der Waals surface area contributed by atoms with Crippen LogP contribution in [0.25, 0.3) is 0 Å². The number of hydrogen-bond donors (Lipinski definition) is 2. The van der Waals surface area contributed by atoms with Crippen LogP contribution in [0, 0.1) is 10.1 Å². The maximum atomic E-state index is 12.2. The molecule has 0 aliphatic heterocycles. The molecule has 1 rings (SSSR count). The summed E-state index contributed by atoms with van der Waals surface area (Å²) in [5.74, 6) is -0.572. The average molecular weight is 301 g/mol. The second kappa shape index (κ2) is 6.67. The lowest BCUT2D eigenvalue weighted by Crippen LogP contribution is -2.46. The lowest BCUT2D eigenvalue weighted by Gasteiger charge is -2.28. The predicted molar refractivity (Wildman–Crippen MR) is 76.0 cm³/mol. The number of hydrogen-bond acceptors (Lipinski definition) is 4. The number of nitrogens with zero attached hydrogens (tertiary/aromatic N) is 1. The Morgan fingerprint density at radius 3 is 2.70 bits per heavy atom. The number of nitrogens with one attached hydrogen (secondary N) is 1. The van der Waals surface area contributed by atoms with Gasteiger partial charge in [-0.1, -0.05) is 24.6 Å². The molecule has 1 aromatic rings. The van der Waals surface area contributed by atoms with E-state index in [-0.39, 0.29) is 17.2 Å². The van der Waals surface area contributed by atoms with Crippen molar-refractivity contribution in [2.24, 2.45) is 0 Å². The van der Waals surface area contributed by atoms with Gasteiger partial charge >= 0.3 is 5.69 Å². The molecule has 110 valence electrons. The highest BCUT2D eigenvalue weighted by molar-refractivity contribution is 6.33.